The van der Waals surface area contributed by atoms with Gasteiger partial charge in [-0.1, -0.05) is 6.92 Å². The van der Waals surface area contributed by atoms with Crippen LogP contribution in [0, 0.1) is 5.92 Å². The molecule has 106 valence electrons. The van der Waals surface area contributed by atoms with Gasteiger partial charge in [0.25, 0.3) is 0 Å². The summed E-state index contributed by atoms with van der Waals surface area (Å²) < 4.78 is 5.25. The van der Waals surface area contributed by atoms with Crippen LogP contribution < -0.4 is 5.32 Å². The first-order valence-electron chi connectivity index (χ1n) is 6.38. The molecule has 3 rings (SSSR count). The number of aromatic nitrogens is 1. The molecular formula is C12H18BrIN4S. The van der Waals surface area contributed by atoms with Crippen LogP contribution in [0.15, 0.2) is 15.7 Å². The standard InChI is InChI=1S/C12H17BrN4S.HI/c1-8-2-3-9-4-14-12(17(9)7-8)15-6-11-10(13)5-16-18-11;/h5,8-9H,2-4,6-7H2,1H3,(H,14,15);1H. The van der Waals surface area contributed by atoms with Gasteiger partial charge < -0.3 is 10.2 Å². The summed E-state index contributed by atoms with van der Waals surface area (Å²) >= 11 is 5.04. The fourth-order valence-corrected chi connectivity index (χ4v) is 3.78. The van der Waals surface area contributed by atoms with Crippen LogP contribution in [0.25, 0.3) is 0 Å². The van der Waals surface area contributed by atoms with Crippen LogP contribution in [0.4, 0.5) is 0 Å². The Kier molecular flexibility index (Phi) is 5.47. The largest absolute Gasteiger partial charge is 0.351 e. The Hall–Kier alpha value is 0.110. The predicted octanol–water partition coefficient (Wildman–Crippen LogP) is 3.08. The molecule has 0 bridgehead atoms. The van der Waals surface area contributed by atoms with E-state index in [1.54, 1.807) is 0 Å². The first-order chi connectivity index (χ1) is 8.74. The molecule has 0 spiro atoms. The minimum Gasteiger partial charge on any atom is -0.351 e. The second-order valence-corrected chi connectivity index (χ2v) is 6.84. The van der Waals surface area contributed by atoms with E-state index in [0.717, 1.165) is 36.0 Å². The maximum Gasteiger partial charge on any atom is 0.194 e. The van der Waals surface area contributed by atoms with Gasteiger partial charge >= 0.3 is 0 Å². The average Bonchev–Trinajstić information content (AvgIpc) is 2.93. The molecular weight excluding hydrogens is 439 g/mol. The number of hydrogen-bond donors (Lipinski definition) is 1. The van der Waals surface area contributed by atoms with E-state index in [1.165, 1.54) is 29.3 Å². The van der Waals surface area contributed by atoms with Gasteiger partial charge in [0.05, 0.1) is 34.7 Å². The topological polar surface area (TPSA) is 40.5 Å². The molecule has 2 unspecified atom stereocenters. The summed E-state index contributed by atoms with van der Waals surface area (Å²) in [7, 11) is 0. The van der Waals surface area contributed by atoms with Gasteiger partial charge in [0, 0.05) is 6.54 Å². The van der Waals surface area contributed by atoms with Crippen molar-refractivity contribution in [3.63, 3.8) is 0 Å². The monoisotopic (exact) mass is 456 g/mol. The summed E-state index contributed by atoms with van der Waals surface area (Å²) in [5, 5.41) is 3.46. The Morgan fingerprint density at radius 2 is 2.37 bits per heavy atom. The van der Waals surface area contributed by atoms with E-state index < -0.39 is 0 Å². The molecule has 7 heteroatoms. The third-order valence-corrected chi connectivity index (χ3v) is 5.41. The Morgan fingerprint density at radius 3 is 3.11 bits per heavy atom. The van der Waals surface area contributed by atoms with Crippen LogP contribution in [0.1, 0.15) is 24.6 Å². The Labute approximate surface area is 143 Å². The molecule has 1 fully saturated rings. The van der Waals surface area contributed by atoms with E-state index in [1.807, 2.05) is 6.20 Å². The van der Waals surface area contributed by atoms with Gasteiger partial charge in [-0.3, -0.25) is 4.99 Å². The van der Waals surface area contributed by atoms with Crippen LogP contribution >= 0.6 is 51.4 Å². The van der Waals surface area contributed by atoms with E-state index in [0.29, 0.717) is 6.04 Å². The zero-order valence-corrected chi connectivity index (χ0v) is 15.5. The summed E-state index contributed by atoms with van der Waals surface area (Å²) in [5.41, 5.74) is 0. The maximum absolute atomic E-state index is 4.64. The SMILES string of the molecule is CC1CCC2CN=C(NCc3sncc3Br)N2C1.I. The normalized spacial score (nSPS) is 25.6. The van der Waals surface area contributed by atoms with E-state index in [-0.39, 0.29) is 24.0 Å². The highest BCUT2D eigenvalue weighted by atomic mass is 127. The van der Waals surface area contributed by atoms with Gasteiger partial charge in [-0.15, -0.1) is 24.0 Å². The second-order valence-electron chi connectivity index (χ2n) is 5.10. The fourth-order valence-electron chi connectivity index (χ4n) is 2.63. The number of nitrogens with zero attached hydrogens (tertiary/aromatic N) is 3. The molecule has 2 atom stereocenters. The zero-order valence-electron chi connectivity index (χ0n) is 10.8. The molecule has 0 aromatic carbocycles. The predicted molar refractivity (Wildman–Crippen MR) is 93.3 cm³/mol. The zero-order chi connectivity index (χ0) is 12.5. The van der Waals surface area contributed by atoms with Crippen LogP contribution in [-0.4, -0.2) is 34.4 Å². The molecule has 0 amide bonds. The van der Waals surface area contributed by atoms with Crippen molar-refractivity contribution >= 4 is 57.4 Å². The lowest BCUT2D eigenvalue weighted by atomic mass is 9.95. The highest BCUT2D eigenvalue weighted by Gasteiger charge is 2.32. The number of guanidine groups is 1. The lowest BCUT2D eigenvalue weighted by Gasteiger charge is -2.35. The molecule has 0 aliphatic carbocycles. The number of halogens is 2. The molecule has 19 heavy (non-hydrogen) atoms. The van der Waals surface area contributed by atoms with Crippen molar-refractivity contribution < 1.29 is 0 Å². The van der Waals surface area contributed by atoms with Crippen molar-refractivity contribution in [3.8, 4) is 0 Å². The van der Waals surface area contributed by atoms with Crippen molar-refractivity contribution in [1.82, 2.24) is 14.6 Å². The Morgan fingerprint density at radius 1 is 1.53 bits per heavy atom. The first-order valence-corrected chi connectivity index (χ1v) is 7.94. The number of hydrogen-bond acceptors (Lipinski definition) is 5. The lowest BCUT2D eigenvalue weighted by molar-refractivity contribution is 0.211. The second kappa shape index (κ2) is 6.71. The van der Waals surface area contributed by atoms with Gasteiger partial charge in [-0.25, -0.2) is 0 Å². The van der Waals surface area contributed by atoms with Crippen molar-refractivity contribution in [2.45, 2.75) is 32.4 Å². The Bertz CT molecular complexity index is 464. The van der Waals surface area contributed by atoms with E-state index in [9.17, 15) is 0 Å². The molecule has 1 N–H and O–H groups in total. The quantitative estimate of drug-likeness (QED) is 0.695. The van der Waals surface area contributed by atoms with E-state index in [4.69, 9.17) is 0 Å². The van der Waals surface area contributed by atoms with Crippen LogP contribution in [0.2, 0.25) is 0 Å². The number of fused-ring (bicyclic) bond motifs is 1. The number of rotatable bonds is 2. The lowest BCUT2D eigenvalue weighted by Crippen LogP contribution is -2.48. The summed E-state index contributed by atoms with van der Waals surface area (Å²) in [6.07, 6.45) is 4.47. The molecule has 1 saturated heterocycles. The molecule has 3 heterocycles. The fraction of sp³-hybridized carbons (Fsp3) is 0.667. The number of aliphatic imine (C=N–C) groups is 1. The summed E-state index contributed by atoms with van der Waals surface area (Å²) in [4.78, 5) is 8.32. The van der Waals surface area contributed by atoms with Crippen LogP contribution in [0.3, 0.4) is 0 Å². The highest BCUT2D eigenvalue weighted by molar-refractivity contribution is 14.0. The van der Waals surface area contributed by atoms with E-state index >= 15 is 0 Å². The van der Waals surface area contributed by atoms with Gasteiger partial charge in [-0.2, -0.15) is 4.37 Å². The summed E-state index contributed by atoms with van der Waals surface area (Å²) in [6, 6.07) is 0.633. The number of piperidine rings is 1. The molecule has 1 aromatic heterocycles. The van der Waals surface area contributed by atoms with Crippen molar-refractivity contribution in [2.75, 3.05) is 13.1 Å². The van der Waals surface area contributed by atoms with Gasteiger partial charge in [-0.05, 0) is 46.2 Å². The molecule has 0 radical (unpaired) electrons. The van der Waals surface area contributed by atoms with Gasteiger partial charge in [0.15, 0.2) is 5.96 Å². The summed E-state index contributed by atoms with van der Waals surface area (Å²) in [6.45, 7) is 5.23. The molecule has 1 aromatic rings. The third-order valence-electron chi connectivity index (χ3n) is 3.67. The Balaban J connectivity index is 0.00000133. The molecule has 0 saturated carbocycles. The van der Waals surface area contributed by atoms with Gasteiger partial charge in [0.2, 0.25) is 0 Å². The van der Waals surface area contributed by atoms with E-state index in [2.05, 4.69) is 42.4 Å². The average molecular weight is 457 g/mol. The third kappa shape index (κ3) is 3.41. The van der Waals surface area contributed by atoms with Crippen LogP contribution in [-0.2, 0) is 6.54 Å². The maximum atomic E-state index is 4.64. The van der Waals surface area contributed by atoms with Gasteiger partial charge in [0.1, 0.15) is 0 Å². The van der Waals surface area contributed by atoms with Crippen molar-refractivity contribution in [1.29, 1.82) is 0 Å². The van der Waals surface area contributed by atoms with Crippen LogP contribution in [0.5, 0.6) is 0 Å². The summed E-state index contributed by atoms with van der Waals surface area (Å²) in [5.74, 6) is 1.85. The minimum absolute atomic E-state index is 0. The molecule has 2 aliphatic rings. The molecule has 2 aliphatic heterocycles. The van der Waals surface area contributed by atoms with Crippen molar-refractivity contribution in [3.05, 3.63) is 15.5 Å². The van der Waals surface area contributed by atoms with Crippen molar-refractivity contribution in [2.24, 2.45) is 10.9 Å². The molecule has 4 nitrogen and oxygen atoms in total. The smallest absolute Gasteiger partial charge is 0.194 e. The highest BCUT2D eigenvalue weighted by Crippen LogP contribution is 2.26. The minimum atomic E-state index is 0. The number of nitrogens with one attached hydrogen (secondary N) is 1. The first kappa shape index (κ1) is 15.5.